The largest absolute Gasteiger partial charge is 0.306 e. The molecule has 2 aliphatic rings. The van der Waals surface area contributed by atoms with Crippen molar-refractivity contribution >= 4 is 22.6 Å². The summed E-state index contributed by atoms with van der Waals surface area (Å²) in [6.45, 7) is 6.74. The van der Waals surface area contributed by atoms with Crippen LogP contribution in [0.25, 0.3) is 0 Å². The first-order valence-electron chi connectivity index (χ1n) is 5.26. The van der Waals surface area contributed by atoms with E-state index in [2.05, 4.69) is 39.4 Å². The predicted octanol–water partition coefficient (Wildman–Crippen LogP) is 1.30. The summed E-state index contributed by atoms with van der Waals surface area (Å²) in [6.07, 6.45) is 1.37. The second-order valence-corrected chi connectivity index (χ2v) is 5.62. The van der Waals surface area contributed by atoms with Crippen LogP contribution >= 0.6 is 22.6 Å². The van der Waals surface area contributed by atoms with Crippen molar-refractivity contribution in [3.8, 4) is 0 Å². The maximum Gasteiger partial charge on any atom is 0.00256 e. The van der Waals surface area contributed by atoms with Crippen molar-refractivity contribution in [2.75, 3.05) is 44.2 Å². The van der Waals surface area contributed by atoms with E-state index in [0.717, 1.165) is 11.8 Å². The van der Waals surface area contributed by atoms with Gasteiger partial charge in [0.15, 0.2) is 0 Å². The van der Waals surface area contributed by atoms with Crippen LogP contribution in [0, 0.1) is 11.8 Å². The summed E-state index contributed by atoms with van der Waals surface area (Å²) in [6, 6.07) is 0. The van der Waals surface area contributed by atoms with Crippen molar-refractivity contribution in [2.24, 2.45) is 11.8 Å². The van der Waals surface area contributed by atoms with E-state index < -0.39 is 0 Å². The van der Waals surface area contributed by atoms with Crippen LogP contribution in [0.5, 0.6) is 0 Å². The lowest BCUT2D eigenvalue weighted by Gasteiger charge is -2.18. The minimum Gasteiger partial charge on any atom is -0.306 e. The molecule has 76 valence electrons. The summed E-state index contributed by atoms with van der Waals surface area (Å²) in [4.78, 5) is 5.16. The van der Waals surface area contributed by atoms with E-state index >= 15 is 0 Å². The van der Waals surface area contributed by atoms with Crippen LogP contribution < -0.4 is 0 Å². The lowest BCUT2D eigenvalue weighted by Crippen LogP contribution is -2.27. The summed E-state index contributed by atoms with van der Waals surface area (Å²) >= 11 is 2.48. The van der Waals surface area contributed by atoms with Crippen LogP contribution in [0.4, 0.5) is 0 Å². The molecule has 0 aromatic rings. The molecule has 0 spiro atoms. The van der Waals surface area contributed by atoms with Gasteiger partial charge in [0.2, 0.25) is 0 Å². The van der Waals surface area contributed by atoms with E-state index in [1.165, 1.54) is 43.6 Å². The zero-order valence-corrected chi connectivity index (χ0v) is 10.5. The molecule has 13 heavy (non-hydrogen) atoms. The minimum atomic E-state index is 0.985. The standard InChI is InChI=1S/C10H19IN2/c1-12-5-9-7-13(4-2-3-11)8-10(9)6-12/h9-10H,2-8H2,1H3/t9-,10+. The van der Waals surface area contributed by atoms with Crippen LogP contribution in [0.1, 0.15) is 6.42 Å². The molecule has 0 N–H and O–H groups in total. The molecule has 2 nitrogen and oxygen atoms in total. The fourth-order valence-corrected chi connectivity index (χ4v) is 3.13. The summed E-state index contributed by atoms with van der Waals surface area (Å²) < 4.78 is 1.31. The molecule has 2 aliphatic heterocycles. The molecule has 0 saturated carbocycles. The highest BCUT2D eigenvalue weighted by molar-refractivity contribution is 14.1. The maximum atomic E-state index is 2.67. The number of halogens is 1. The molecule has 0 radical (unpaired) electrons. The lowest BCUT2D eigenvalue weighted by atomic mass is 10.0. The van der Waals surface area contributed by atoms with Gasteiger partial charge in [0.1, 0.15) is 0 Å². The fourth-order valence-electron chi connectivity index (χ4n) is 2.79. The number of fused-ring (bicyclic) bond motifs is 1. The third-order valence-electron chi connectivity index (χ3n) is 3.35. The van der Waals surface area contributed by atoms with Crippen LogP contribution in [-0.4, -0.2) is 54.0 Å². The fraction of sp³-hybridized carbons (Fsp3) is 1.00. The van der Waals surface area contributed by atoms with Crippen molar-refractivity contribution in [3.05, 3.63) is 0 Å². The topological polar surface area (TPSA) is 6.48 Å². The van der Waals surface area contributed by atoms with E-state index in [1.807, 2.05) is 0 Å². The van der Waals surface area contributed by atoms with Gasteiger partial charge in [-0.25, -0.2) is 0 Å². The average molecular weight is 294 g/mol. The van der Waals surface area contributed by atoms with Gasteiger partial charge in [-0.1, -0.05) is 22.6 Å². The first kappa shape index (κ1) is 10.2. The Bertz CT molecular complexity index is 160. The molecule has 0 aromatic carbocycles. The quantitative estimate of drug-likeness (QED) is 0.572. The molecule has 2 heterocycles. The first-order chi connectivity index (χ1) is 6.29. The first-order valence-corrected chi connectivity index (χ1v) is 6.79. The van der Waals surface area contributed by atoms with Crippen molar-refractivity contribution < 1.29 is 0 Å². The van der Waals surface area contributed by atoms with Crippen LogP contribution in [0.15, 0.2) is 0 Å². The third kappa shape index (κ3) is 2.36. The Labute approximate surface area is 94.8 Å². The molecular formula is C10H19IN2. The second-order valence-electron chi connectivity index (χ2n) is 4.54. The van der Waals surface area contributed by atoms with E-state index in [1.54, 1.807) is 0 Å². The monoisotopic (exact) mass is 294 g/mol. The maximum absolute atomic E-state index is 2.67. The Morgan fingerprint density at radius 1 is 1.15 bits per heavy atom. The Kier molecular flexibility index (Phi) is 3.48. The zero-order valence-electron chi connectivity index (χ0n) is 8.38. The number of rotatable bonds is 3. The van der Waals surface area contributed by atoms with Gasteiger partial charge >= 0.3 is 0 Å². The molecule has 2 rings (SSSR count). The lowest BCUT2D eigenvalue weighted by molar-refractivity contribution is 0.279. The van der Waals surface area contributed by atoms with E-state index in [0.29, 0.717) is 0 Å². The molecule has 3 heteroatoms. The number of nitrogens with zero attached hydrogens (tertiary/aromatic N) is 2. The van der Waals surface area contributed by atoms with Crippen molar-refractivity contribution in [1.82, 2.24) is 9.80 Å². The van der Waals surface area contributed by atoms with Crippen LogP contribution in [0.3, 0.4) is 0 Å². The SMILES string of the molecule is CN1C[C@@H]2CN(CCCI)C[C@@H]2C1. The van der Waals surface area contributed by atoms with E-state index in [4.69, 9.17) is 0 Å². The number of likely N-dealkylation sites (tertiary alicyclic amines) is 2. The number of alkyl halides is 1. The molecular weight excluding hydrogens is 275 g/mol. The van der Waals surface area contributed by atoms with Gasteiger partial charge in [0.25, 0.3) is 0 Å². The van der Waals surface area contributed by atoms with Crippen LogP contribution in [0.2, 0.25) is 0 Å². The van der Waals surface area contributed by atoms with Gasteiger partial charge in [-0.15, -0.1) is 0 Å². The van der Waals surface area contributed by atoms with Gasteiger partial charge in [0, 0.05) is 30.6 Å². The molecule has 2 saturated heterocycles. The summed E-state index contributed by atoms with van der Waals surface area (Å²) in [5.74, 6) is 1.97. The molecule has 0 bridgehead atoms. The zero-order chi connectivity index (χ0) is 9.26. The van der Waals surface area contributed by atoms with Crippen molar-refractivity contribution in [2.45, 2.75) is 6.42 Å². The molecule has 0 aliphatic carbocycles. The molecule has 0 aromatic heterocycles. The normalized spacial score (nSPS) is 35.5. The Morgan fingerprint density at radius 2 is 1.77 bits per heavy atom. The Morgan fingerprint density at radius 3 is 2.31 bits per heavy atom. The highest BCUT2D eigenvalue weighted by atomic mass is 127. The third-order valence-corrected chi connectivity index (χ3v) is 4.12. The molecule has 2 fully saturated rings. The summed E-state index contributed by atoms with van der Waals surface area (Å²) in [5.41, 5.74) is 0. The van der Waals surface area contributed by atoms with Gasteiger partial charge < -0.3 is 9.80 Å². The van der Waals surface area contributed by atoms with Crippen LogP contribution in [-0.2, 0) is 0 Å². The summed E-state index contributed by atoms with van der Waals surface area (Å²) in [7, 11) is 2.26. The molecule has 0 amide bonds. The minimum absolute atomic E-state index is 0.985. The summed E-state index contributed by atoms with van der Waals surface area (Å²) in [5, 5.41) is 0. The number of hydrogen-bond donors (Lipinski definition) is 0. The van der Waals surface area contributed by atoms with E-state index in [9.17, 15) is 0 Å². The molecule has 2 atom stereocenters. The van der Waals surface area contributed by atoms with Gasteiger partial charge in [-0.05, 0) is 31.8 Å². The van der Waals surface area contributed by atoms with Gasteiger partial charge in [-0.3, -0.25) is 0 Å². The second kappa shape index (κ2) is 4.45. The highest BCUT2D eigenvalue weighted by Crippen LogP contribution is 2.29. The van der Waals surface area contributed by atoms with Gasteiger partial charge in [0.05, 0.1) is 0 Å². The Balaban J connectivity index is 1.77. The predicted molar refractivity (Wildman–Crippen MR) is 64.4 cm³/mol. The number of hydrogen-bond acceptors (Lipinski definition) is 2. The average Bonchev–Trinajstić information content (AvgIpc) is 2.57. The highest BCUT2D eigenvalue weighted by Gasteiger charge is 2.37. The van der Waals surface area contributed by atoms with Crippen molar-refractivity contribution in [1.29, 1.82) is 0 Å². The smallest absolute Gasteiger partial charge is 0.00256 e. The Hall–Kier alpha value is 0.650. The van der Waals surface area contributed by atoms with E-state index in [-0.39, 0.29) is 0 Å². The van der Waals surface area contributed by atoms with Gasteiger partial charge in [-0.2, -0.15) is 0 Å². The molecule has 0 unspecified atom stereocenters. The van der Waals surface area contributed by atoms with Crippen molar-refractivity contribution in [3.63, 3.8) is 0 Å².